The molecule has 0 rings (SSSR count). The van der Waals surface area contributed by atoms with E-state index in [0.29, 0.717) is 0 Å². The van der Waals surface area contributed by atoms with Gasteiger partial charge in [-0.25, -0.2) is 4.79 Å². The lowest BCUT2D eigenvalue weighted by molar-refractivity contribution is -0.213. The van der Waals surface area contributed by atoms with Crippen LogP contribution in [0.5, 0.6) is 0 Å². The number of Topliss-reactive ketones (excluding diaryl/α,β-unsaturated/α-hetero) is 1. The molecule has 0 N–H and O–H groups in total. The highest BCUT2D eigenvalue weighted by Gasteiger charge is 2.49. The number of halogens is 3. The third-order valence-electron chi connectivity index (χ3n) is 1.87. The van der Waals surface area contributed by atoms with Gasteiger partial charge in [-0.3, -0.25) is 4.79 Å². The molecule has 0 spiro atoms. The van der Waals surface area contributed by atoms with Crippen LogP contribution in [0.15, 0.2) is 0 Å². The Bertz CT molecular complexity index is 256. The summed E-state index contributed by atoms with van der Waals surface area (Å²) in [5.74, 6) is -2.37. The smallest absolute Gasteiger partial charge is 0.394 e. The van der Waals surface area contributed by atoms with E-state index in [1.807, 2.05) is 0 Å². The van der Waals surface area contributed by atoms with Crippen molar-refractivity contribution in [2.24, 2.45) is 5.41 Å². The second kappa shape index (κ2) is 4.63. The lowest BCUT2D eigenvalue weighted by atomic mass is 9.86. The largest absolute Gasteiger partial charge is 0.460 e. The van der Waals surface area contributed by atoms with Gasteiger partial charge in [-0.15, -0.1) is 0 Å². The molecule has 0 atom stereocenters. The lowest BCUT2D eigenvalue weighted by Crippen LogP contribution is -2.36. The number of alkyl halides is 3. The van der Waals surface area contributed by atoms with Gasteiger partial charge in [0.1, 0.15) is 0 Å². The van der Waals surface area contributed by atoms with Gasteiger partial charge < -0.3 is 4.74 Å². The fraction of sp³-hybridized carbons (Fsp3) is 0.778. The number of rotatable bonds is 4. The Hall–Kier alpha value is -1.07. The molecule has 0 unspecified atom stereocenters. The summed E-state index contributed by atoms with van der Waals surface area (Å²) in [7, 11) is 0. The van der Waals surface area contributed by atoms with Gasteiger partial charge in [0.15, 0.2) is 0 Å². The summed E-state index contributed by atoms with van der Waals surface area (Å²) in [4.78, 5) is 21.8. The number of hydrogen-bond acceptors (Lipinski definition) is 3. The van der Waals surface area contributed by atoms with E-state index in [0.717, 1.165) is 13.8 Å². The molecule has 0 fully saturated rings. The van der Waals surface area contributed by atoms with Crippen LogP contribution in [0, 0.1) is 5.41 Å². The average Bonchev–Trinajstić information content (AvgIpc) is 2.01. The van der Waals surface area contributed by atoms with Crippen molar-refractivity contribution in [1.82, 2.24) is 0 Å². The van der Waals surface area contributed by atoms with E-state index in [1.165, 1.54) is 6.92 Å². The highest BCUT2D eigenvalue weighted by atomic mass is 19.4. The van der Waals surface area contributed by atoms with E-state index >= 15 is 0 Å². The van der Waals surface area contributed by atoms with Gasteiger partial charge in [0, 0.05) is 6.42 Å². The second-order valence-corrected chi connectivity index (χ2v) is 3.70. The zero-order chi connectivity index (χ0) is 12.3. The number of carbonyl (C=O) groups is 2. The topological polar surface area (TPSA) is 43.4 Å². The minimum absolute atomic E-state index is 0.0307. The van der Waals surface area contributed by atoms with Crippen LogP contribution < -0.4 is 0 Å². The normalized spacial score (nSPS) is 12.4. The van der Waals surface area contributed by atoms with Gasteiger partial charge in [-0.1, -0.05) is 13.8 Å². The van der Waals surface area contributed by atoms with Crippen LogP contribution in [0.2, 0.25) is 0 Å². The molecule has 0 aromatic heterocycles. The molecule has 0 aromatic rings. The fourth-order valence-electron chi connectivity index (χ4n) is 0.785. The van der Waals surface area contributed by atoms with Crippen LogP contribution in [0.25, 0.3) is 0 Å². The Labute approximate surface area is 85.6 Å². The maximum atomic E-state index is 12.3. The Balaban J connectivity index is 4.48. The molecule has 88 valence electrons. The van der Waals surface area contributed by atoms with E-state index in [9.17, 15) is 22.8 Å². The molecule has 0 aliphatic heterocycles. The van der Waals surface area contributed by atoms with Crippen molar-refractivity contribution < 1.29 is 27.5 Å². The van der Waals surface area contributed by atoms with Crippen LogP contribution in [0.3, 0.4) is 0 Å². The lowest BCUT2D eigenvalue weighted by Gasteiger charge is -2.26. The number of ether oxygens (including phenoxy) is 1. The quantitative estimate of drug-likeness (QED) is 0.544. The predicted octanol–water partition coefficient (Wildman–Crippen LogP) is 2.10. The molecule has 0 aliphatic rings. The maximum absolute atomic E-state index is 12.3. The van der Waals surface area contributed by atoms with E-state index in [1.54, 1.807) is 0 Å². The van der Waals surface area contributed by atoms with Crippen molar-refractivity contribution in [3.63, 3.8) is 0 Å². The van der Waals surface area contributed by atoms with Crippen LogP contribution in [0.1, 0.15) is 27.2 Å². The van der Waals surface area contributed by atoms with Crippen molar-refractivity contribution in [3.8, 4) is 0 Å². The molecular weight excluding hydrogens is 213 g/mol. The van der Waals surface area contributed by atoms with Gasteiger partial charge in [0.25, 0.3) is 0 Å². The molecule has 0 aromatic carbocycles. The van der Waals surface area contributed by atoms with Crippen molar-refractivity contribution in [2.45, 2.75) is 33.4 Å². The summed E-state index contributed by atoms with van der Waals surface area (Å²) >= 11 is 0. The molecule has 15 heavy (non-hydrogen) atoms. The Kier molecular flexibility index (Phi) is 4.30. The Morgan fingerprint density at radius 1 is 1.20 bits per heavy atom. The summed E-state index contributed by atoms with van der Waals surface area (Å²) in [6, 6.07) is 0. The van der Waals surface area contributed by atoms with Crippen molar-refractivity contribution in [1.29, 1.82) is 0 Å². The molecule has 0 amide bonds. The van der Waals surface area contributed by atoms with Crippen LogP contribution >= 0.6 is 0 Å². The second-order valence-electron chi connectivity index (χ2n) is 3.70. The van der Waals surface area contributed by atoms with E-state index in [-0.39, 0.29) is 6.61 Å². The first-order chi connectivity index (χ1) is 6.62. The van der Waals surface area contributed by atoms with E-state index in [2.05, 4.69) is 4.74 Å². The minimum Gasteiger partial charge on any atom is -0.460 e. The van der Waals surface area contributed by atoms with Crippen molar-refractivity contribution in [2.75, 3.05) is 6.61 Å². The summed E-state index contributed by atoms with van der Waals surface area (Å²) in [6.45, 7) is 3.17. The highest BCUT2D eigenvalue weighted by molar-refractivity contribution is 6.33. The Morgan fingerprint density at radius 2 is 1.67 bits per heavy atom. The number of hydrogen-bond donors (Lipinski definition) is 0. The number of carbonyl (C=O) groups excluding carboxylic acids is 2. The molecule has 3 nitrogen and oxygen atoms in total. The van der Waals surface area contributed by atoms with E-state index in [4.69, 9.17) is 0 Å². The third-order valence-corrected chi connectivity index (χ3v) is 1.87. The summed E-state index contributed by atoms with van der Waals surface area (Å²) < 4.78 is 41.3. The zero-order valence-electron chi connectivity index (χ0n) is 8.77. The number of esters is 1. The molecule has 0 bridgehead atoms. The molecular formula is C9H13F3O3. The molecule has 0 aliphatic carbocycles. The number of ketones is 1. The summed E-state index contributed by atoms with van der Waals surface area (Å²) in [5.41, 5.74) is -2.21. The van der Waals surface area contributed by atoms with Crippen LogP contribution in [-0.4, -0.2) is 24.5 Å². The Morgan fingerprint density at radius 3 is 2.00 bits per heavy atom. The molecule has 0 heterocycles. The van der Waals surface area contributed by atoms with Gasteiger partial charge in [0.05, 0.1) is 12.0 Å². The monoisotopic (exact) mass is 226 g/mol. The van der Waals surface area contributed by atoms with Crippen LogP contribution in [0.4, 0.5) is 13.2 Å². The average molecular weight is 226 g/mol. The van der Waals surface area contributed by atoms with Gasteiger partial charge in [-0.2, -0.15) is 13.2 Å². The van der Waals surface area contributed by atoms with Crippen molar-refractivity contribution in [3.05, 3.63) is 0 Å². The maximum Gasteiger partial charge on any atom is 0.394 e. The van der Waals surface area contributed by atoms with Gasteiger partial charge >= 0.3 is 12.1 Å². The molecule has 0 saturated heterocycles. The molecule has 6 heteroatoms. The van der Waals surface area contributed by atoms with Gasteiger partial charge in [-0.05, 0) is 6.92 Å². The van der Waals surface area contributed by atoms with Crippen molar-refractivity contribution >= 4 is 11.8 Å². The predicted molar refractivity (Wildman–Crippen MR) is 46.1 cm³/mol. The first-order valence-corrected chi connectivity index (χ1v) is 4.38. The van der Waals surface area contributed by atoms with Crippen LogP contribution in [-0.2, 0) is 14.3 Å². The fourth-order valence-corrected chi connectivity index (χ4v) is 0.785. The minimum atomic E-state index is -4.52. The summed E-state index contributed by atoms with van der Waals surface area (Å²) in [6.07, 6.45) is -5.41. The molecule has 0 radical (unpaired) electrons. The van der Waals surface area contributed by atoms with Gasteiger partial charge in [0.2, 0.25) is 5.78 Å². The zero-order valence-corrected chi connectivity index (χ0v) is 8.77. The SMILES string of the molecule is CCOC(=O)C(=O)CC(C)(C)C(F)(F)F. The van der Waals surface area contributed by atoms with E-state index < -0.39 is 29.8 Å². The molecule has 0 saturated carbocycles. The first-order valence-electron chi connectivity index (χ1n) is 4.38. The standard InChI is InChI=1S/C9H13F3O3/c1-4-15-7(14)6(13)5-8(2,3)9(10,11)12/h4-5H2,1-3H3. The summed E-state index contributed by atoms with van der Waals surface area (Å²) in [5, 5.41) is 0. The highest BCUT2D eigenvalue weighted by Crippen LogP contribution is 2.40. The third kappa shape index (κ3) is 3.89. The first kappa shape index (κ1) is 13.9.